The molecule has 166 valence electrons. The second-order valence-corrected chi connectivity index (χ2v) is 8.74. The van der Waals surface area contributed by atoms with Gasteiger partial charge in [0.25, 0.3) is 5.91 Å². The Labute approximate surface area is 183 Å². The molecule has 0 aromatic carbocycles. The van der Waals surface area contributed by atoms with E-state index in [4.69, 9.17) is 9.26 Å². The lowest BCUT2D eigenvalue weighted by molar-refractivity contribution is -0.151. The number of amides is 1. The Kier molecular flexibility index (Phi) is 6.30. The molecule has 2 aliphatic rings. The van der Waals surface area contributed by atoms with Crippen LogP contribution in [0.4, 0.5) is 0 Å². The SMILES string of the molecule is Cc1cc(-n2c(C)cc(/C=C/C(=O)OCC(=O)N3CCC[C@H]4CCCC[C@H]43)c2C)no1. The molecular formula is C24H31N3O4. The number of hydrogen-bond donors (Lipinski definition) is 0. The molecule has 2 atom stereocenters. The molecule has 2 aromatic heterocycles. The van der Waals surface area contributed by atoms with Crippen LogP contribution in [-0.4, -0.2) is 45.7 Å². The second kappa shape index (κ2) is 9.12. The summed E-state index contributed by atoms with van der Waals surface area (Å²) in [6.07, 6.45) is 10.1. The number of aromatic nitrogens is 2. The van der Waals surface area contributed by atoms with Crippen LogP contribution in [0.15, 0.2) is 22.7 Å². The zero-order valence-corrected chi connectivity index (χ0v) is 18.6. The molecule has 31 heavy (non-hydrogen) atoms. The number of carbonyl (C=O) groups excluding carboxylic acids is 2. The van der Waals surface area contributed by atoms with Crippen LogP contribution in [0, 0.1) is 26.7 Å². The third kappa shape index (κ3) is 4.60. The lowest BCUT2D eigenvalue weighted by atomic mass is 9.78. The first-order valence-corrected chi connectivity index (χ1v) is 11.2. The minimum atomic E-state index is -0.507. The van der Waals surface area contributed by atoms with Crippen LogP contribution >= 0.6 is 0 Å². The van der Waals surface area contributed by atoms with Gasteiger partial charge in [0.15, 0.2) is 12.4 Å². The molecular weight excluding hydrogens is 394 g/mol. The van der Waals surface area contributed by atoms with Gasteiger partial charge in [-0.05, 0) is 70.1 Å². The fraction of sp³-hybridized carbons (Fsp3) is 0.542. The molecule has 1 saturated carbocycles. The minimum absolute atomic E-state index is 0.0714. The molecule has 3 heterocycles. The number of rotatable bonds is 5. The molecule has 7 nitrogen and oxygen atoms in total. The molecule has 0 radical (unpaired) electrons. The van der Waals surface area contributed by atoms with Gasteiger partial charge in [-0.3, -0.25) is 9.36 Å². The van der Waals surface area contributed by atoms with Crippen LogP contribution in [0.1, 0.15) is 61.2 Å². The predicted molar refractivity (Wildman–Crippen MR) is 117 cm³/mol. The summed E-state index contributed by atoms with van der Waals surface area (Å²) in [5, 5.41) is 4.07. The lowest BCUT2D eigenvalue weighted by Gasteiger charge is -2.44. The highest BCUT2D eigenvalue weighted by molar-refractivity contribution is 5.89. The summed E-state index contributed by atoms with van der Waals surface area (Å²) in [4.78, 5) is 26.9. The van der Waals surface area contributed by atoms with Crippen LogP contribution in [0.2, 0.25) is 0 Å². The van der Waals surface area contributed by atoms with E-state index in [2.05, 4.69) is 5.16 Å². The molecule has 2 fully saturated rings. The smallest absolute Gasteiger partial charge is 0.331 e. The number of esters is 1. The van der Waals surface area contributed by atoms with E-state index in [9.17, 15) is 9.59 Å². The number of carbonyl (C=O) groups is 2. The van der Waals surface area contributed by atoms with Gasteiger partial charge in [0.2, 0.25) is 0 Å². The van der Waals surface area contributed by atoms with Gasteiger partial charge >= 0.3 is 5.97 Å². The van der Waals surface area contributed by atoms with Crippen LogP contribution in [-0.2, 0) is 14.3 Å². The van der Waals surface area contributed by atoms with Crippen molar-refractivity contribution in [3.8, 4) is 5.82 Å². The molecule has 0 spiro atoms. The summed E-state index contributed by atoms with van der Waals surface area (Å²) >= 11 is 0. The summed E-state index contributed by atoms with van der Waals surface area (Å²) < 4.78 is 12.4. The molecule has 4 rings (SSSR count). The van der Waals surface area contributed by atoms with Gasteiger partial charge in [0, 0.05) is 36.1 Å². The van der Waals surface area contributed by atoms with E-state index in [1.54, 1.807) is 6.08 Å². The van der Waals surface area contributed by atoms with Crippen molar-refractivity contribution in [2.75, 3.05) is 13.2 Å². The normalized spacial score (nSPS) is 21.3. The van der Waals surface area contributed by atoms with Crippen molar-refractivity contribution in [2.45, 2.75) is 65.3 Å². The number of nitrogens with zero attached hydrogens (tertiary/aromatic N) is 3. The largest absolute Gasteiger partial charge is 0.452 e. The first kappa shape index (κ1) is 21.4. The Bertz CT molecular complexity index is 985. The molecule has 1 aliphatic carbocycles. The number of fused-ring (bicyclic) bond motifs is 1. The second-order valence-electron chi connectivity index (χ2n) is 8.74. The molecule has 0 bridgehead atoms. The standard InChI is InChI=1S/C24H31N3O4/c1-16-13-20(18(3)27(16)22-14-17(2)31-25-22)10-11-24(29)30-15-23(28)26-12-6-8-19-7-4-5-9-21(19)26/h10-11,13-14,19,21H,4-9,12,15H2,1-3H3/b11-10+/t19-,21-/m1/s1. The van der Waals surface area contributed by atoms with Crippen LogP contribution in [0.5, 0.6) is 0 Å². The minimum Gasteiger partial charge on any atom is -0.452 e. The Morgan fingerprint density at radius 2 is 1.94 bits per heavy atom. The summed E-state index contributed by atoms with van der Waals surface area (Å²) in [7, 11) is 0. The molecule has 7 heteroatoms. The molecule has 2 aromatic rings. The highest BCUT2D eigenvalue weighted by Crippen LogP contribution is 2.35. The zero-order chi connectivity index (χ0) is 22.0. The highest BCUT2D eigenvalue weighted by Gasteiger charge is 2.35. The third-order valence-corrected chi connectivity index (χ3v) is 6.62. The van der Waals surface area contributed by atoms with Crippen molar-refractivity contribution in [1.82, 2.24) is 14.6 Å². The fourth-order valence-corrected chi connectivity index (χ4v) is 5.12. The van der Waals surface area contributed by atoms with Gasteiger partial charge in [-0.2, -0.15) is 0 Å². The fourth-order valence-electron chi connectivity index (χ4n) is 5.12. The number of aryl methyl sites for hydroxylation is 2. The van der Waals surface area contributed by atoms with Gasteiger partial charge in [0.05, 0.1) is 0 Å². The summed E-state index contributed by atoms with van der Waals surface area (Å²) in [5.41, 5.74) is 2.83. The van der Waals surface area contributed by atoms with Gasteiger partial charge in [-0.15, -0.1) is 0 Å². The van der Waals surface area contributed by atoms with Gasteiger partial charge in [-0.1, -0.05) is 18.0 Å². The van der Waals surface area contributed by atoms with E-state index < -0.39 is 5.97 Å². The van der Waals surface area contributed by atoms with Crippen LogP contribution in [0.25, 0.3) is 11.9 Å². The van der Waals surface area contributed by atoms with E-state index in [-0.39, 0.29) is 12.5 Å². The van der Waals surface area contributed by atoms with Crippen molar-refractivity contribution >= 4 is 18.0 Å². The van der Waals surface area contributed by atoms with Gasteiger partial charge in [-0.25, -0.2) is 4.79 Å². The first-order chi connectivity index (χ1) is 14.9. The van der Waals surface area contributed by atoms with Gasteiger partial charge in [0.1, 0.15) is 5.76 Å². The number of piperidine rings is 1. The van der Waals surface area contributed by atoms with E-state index >= 15 is 0 Å². The lowest BCUT2D eigenvalue weighted by Crippen LogP contribution is -2.50. The van der Waals surface area contributed by atoms with E-state index in [0.717, 1.165) is 42.1 Å². The number of ether oxygens (including phenoxy) is 1. The maximum absolute atomic E-state index is 12.7. The van der Waals surface area contributed by atoms with Crippen LogP contribution in [0.3, 0.4) is 0 Å². The molecule has 1 aliphatic heterocycles. The van der Waals surface area contributed by atoms with E-state index in [0.29, 0.717) is 17.8 Å². The van der Waals surface area contributed by atoms with Crippen molar-refractivity contribution < 1.29 is 18.8 Å². The predicted octanol–water partition coefficient (Wildman–Crippen LogP) is 4.13. The average molecular weight is 426 g/mol. The molecule has 0 N–H and O–H groups in total. The van der Waals surface area contributed by atoms with E-state index in [1.165, 1.54) is 31.8 Å². The highest BCUT2D eigenvalue weighted by atomic mass is 16.5. The summed E-state index contributed by atoms with van der Waals surface area (Å²) in [5.74, 6) is 1.49. The quantitative estimate of drug-likeness (QED) is 0.532. The van der Waals surface area contributed by atoms with Crippen molar-refractivity contribution in [3.63, 3.8) is 0 Å². The number of hydrogen-bond acceptors (Lipinski definition) is 5. The zero-order valence-electron chi connectivity index (χ0n) is 18.6. The average Bonchev–Trinajstić information content (AvgIpc) is 3.31. The molecule has 1 saturated heterocycles. The van der Waals surface area contributed by atoms with Crippen molar-refractivity contribution in [3.05, 3.63) is 40.9 Å². The number of likely N-dealkylation sites (tertiary alicyclic amines) is 1. The Morgan fingerprint density at radius 1 is 1.16 bits per heavy atom. The molecule has 0 unspecified atom stereocenters. The maximum atomic E-state index is 12.7. The topological polar surface area (TPSA) is 77.6 Å². The first-order valence-electron chi connectivity index (χ1n) is 11.2. The third-order valence-electron chi connectivity index (χ3n) is 6.62. The maximum Gasteiger partial charge on any atom is 0.331 e. The van der Waals surface area contributed by atoms with Gasteiger partial charge < -0.3 is 14.2 Å². The van der Waals surface area contributed by atoms with Crippen molar-refractivity contribution in [1.29, 1.82) is 0 Å². The Morgan fingerprint density at radius 3 is 2.71 bits per heavy atom. The Balaban J connectivity index is 1.35. The van der Waals surface area contributed by atoms with E-state index in [1.807, 2.05) is 42.4 Å². The molecule has 1 amide bonds. The summed E-state index contributed by atoms with van der Waals surface area (Å²) in [6, 6.07) is 4.17. The monoisotopic (exact) mass is 425 g/mol. The Hall–Kier alpha value is -2.83. The van der Waals surface area contributed by atoms with Crippen molar-refractivity contribution in [2.24, 2.45) is 5.92 Å². The van der Waals surface area contributed by atoms with Crippen LogP contribution < -0.4 is 0 Å². The summed E-state index contributed by atoms with van der Waals surface area (Å²) in [6.45, 7) is 6.37.